The number of carbonyl (C=O) groups excluding carboxylic acids is 2. The average molecular weight is 338 g/mol. The van der Waals surface area contributed by atoms with Gasteiger partial charge in [-0.05, 0) is 30.8 Å². The fourth-order valence-corrected chi connectivity index (χ4v) is 2.89. The number of piperazine rings is 1. The summed E-state index contributed by atoms with van der Waals surface area (Å²) < 4.78 is 0. The largest absolute Gasteiger partial charge is 0.340 e. The number of halogens is 1. The molecule has 0 N–H and O–H groups in total. The number of carbonyl (C=O) groups is 2. The number of nitrogens with zero attached hydrogens (tertiary/aromatic N) is 3. The van der Waals surface area contributed by atoms with Gasteiger partial charge in [-0.1, -0.05) is 18.5 Å². The smallest absolute Gasteiger partial charge is 0.224 e. The van der Waals surface area contributed by atoms with Crippen molar-refractivity contribution in [2.75, 3.05) is 44.2 Å². The lowest BCUT2D eigenvalue weighted by Crippen LogP contribution is -2.49. The van der Waals surface area contributed by atoms with Crippen LogP contribution in [0.25, 0.3) is 0 Å². The van der Waals surface area contributed by atoms with E-state index in [-0.39, 0.29) is 11.8 Å². The van der Waals surface area contributed by atoms with E-state index in [1.807, 2.05) is 4.90 Å². The first-order chi connectivity index (χ1) is 11.0. The SMILES string of the molecule is CCN1CCN(C(=O)CCN(C(C)=O)c2ccc(Cl)cc2)CC1. The number of anilines is 1. The minimum Gasteiger partial charge on any atom is -0.340 e. The zero-order valence-electron chi connectivity index (χ0n) is 13.8. The van der Waals surface area contributed by atoms with Gasteiger partial charge >= 0.3 is 0 Å². The third-order valence-corrected chi connectivity index (χ3v) is 4.49. The average Bonchev–Trinajstić information content (AvgIpc) is 2.56. The van der Waals surface area contributed by atoms with Crippen molar-refractivity contribution in [1.29, 1.82) is 0 Å². The molecular weight excluding hydrogens is 314 g/mol. The monoisotopic (exact) mass is 337 g/mol. The van der Waals surface area contributed by atoms with E-state index in [4.69, 9.17) is 11.6 Å². The molecule has 2 rings (SSSR count). The second-order valence-corrected chi connectivity index (χ2v) is 6.15. The van der Waals surface area contributed by atoms with Crippen LogP contribution in [0.4, 0.5) is 5.69 Å². The molecule has 0 radical (unpaired) electrons. The Bertz CT molecular complexity index is 539. The minimum atomic E-state index is -0.0732. The Labute approximate surface area is 142 Å². The zero-order chi connectivity index (χ0) is 16.8. The number of likely N-dealkylation sites (N-methyl/N-ethyl adjacent to an activating group) is 1. The number of benzene rings is 1. The molecule has 1 aromatic carbocycles. The molecular formula is C17H24ClN3O2. The van der Waals surface area contributed by atoms with Crippen molar-refractivity contribution in [3.05, 3.63) is 29.3 Å². The van der Waals surface area contributed by atoms with Crippen LogP contribution in [0.15, 0.2) is 24.3 Å². The molecule has 1 saturated heterocycles. The van der Waals surface area contributed by atoms with Gasteiger partial charge in [0.05, 0.1) is 0 Å². The predicted octanol–water partition coefficient (Wildman–Crippen LogP) is 2.25. The topological polar surface area (TPSA) is 43.9 Å². The molecule has 126 valence electrons. The first kappa shape index (κ1) is 17.8. The fraction of sp³-hybridized carbons (Fsp3) is 0.529. The van der Waals surface area contributed by atoms with E-state index in [9.17, 15) is 9.59 Å². The summed E-state index contributed by atoms with van der Waals surface area (Å²) in [6.45, 7) is 8.46. The second kappa shape index (κ2) is 8.31. The lowest BCUT2D eigenvalue weighted by atomic mass is 10.2. The van der Waals surface area contributed by atoms with Gasteiger partial charge in [0.1, 0.15) is 0 Å². The van der Waals surface area contributed by atoms with E-state index in [0.717, 1.165) is 38.4 Å². The second-order valence-electron chi connectivity index (χ2n) is 5.71. The van der Waals surface area contributed by atoms with Crippen molar-refractivity contribution in [1.82, 2.24) is 9.80 Å². The number of amides is 2. The van der Waals surface area contributed by atoms with Crippen molar-refractivity contribution in [2.45, 2.75) is 20.3 Å². The molecule has 23 heavy (non-hydrogen) atoms. The summed E-state index contributed by atoms with van der Waals surface area (Å²) in [6.07, 6.45) is 0.342. The van der Waals surface area contributed by atoms with Crippen molar-refractivity contribution < 1.29 is 9.59 Å². The van der Waals surface area contributed by atoms with Crippen LogP contribution >= 0.6 is 11.6 Å². The standard InChI is InChI=1S/C17H24ClN3O2/c1-3-19-10-12-20(13-11-19)17(23)8-9-21(14(2)22)16-6-4-15(18)5-7-16/h4-7H,3,8-13H2,1-2H3. The van der Waals surface area contributed by atoms with Crippen LogP contribution in [0.2, 0.25) is 5.02 Å². The van der Waals surface area contributed by atoms with Crippen LogP contribution in [0, 0.1) is 0 Å². The molecule has 1 aliphatic heterocycles. The van der Waals surface area contributed by atoms with E-state index in [0.29, 0.717) is 18.0 Å². The van der Waals surface area contributed by atoms with Crippen LogP contribution in [0.1, 0.15) is 20.3 Å². The predicted molar refractivity (Wildman–Crippen MR) is 92.8 cm³/mol. The molecule has 0 unspecified atom stereocenters. The molecule has 0 bridgehead atoms. The van der Waals surface area contributed by atoms with E-state index < -0.39 is 0 Å². The Hall–Kier alpha value is -1.59. The minimum absolute atomic E-state index is 0.0732. The van der Waals surface area contributed by atoms with Gasteiger partial charge in [0.25, 0.3) is 0 Å². The van der Waals surface area contributed by atoms with Gasteiger partial charge in [-0.2, -0.15) is 0 Å². The quantitative estimate of drug-likeness (QED) is 0.827. The highest BCUT2D eigenvalue weighted by molar-refractivity contribution is 6.30. The first-order valence-corrected chi connectivity index (χ1v) is 8.43. The van der Waals surface area contributed by atoms with Crippen LogP contribution < -0.4 is 4.90 Å². The molecule has 6 heteroatoms. The van der Waals surface area contributed by atoms with Crippen LogP contribution in [-0.2, 0) is 9.59 Å². The third-order valence-electron chi connectivity index (χ3n) is 4.24. The van der Waals surface area contributed by atoms with Gasteiger partial charge in [-0.3, -0.25) is 9.59 Å². The summed E-state index contributed by atoms with van der Waals surface area (Å²) in [7, 11) is 0. The highest BCUT2D eigenvalue weighted by Gasteiger charge is 2.21. The zero-order valence-corrected chi connectivity index (χ0v) is 14.6. The Balaban J connectivity index is 1.90. The number of hydrogen-bond acceptors (Lipinski definition) is 3. The van der Waals surface area contributed by atoms with E-state index >= 15 is 0 Å². The molecule has 0 aliphatic carbocycles. The maximum absolute atomic E-state index is 12.4. The highest BCUT2D eigenvalue weighted by Crippen LogP contribution is 2.18. The van der Waals surface area contributed by atoms with Crippen molar-refractivity contribution >= 4 is 29.1 Å². The molecule has 0 aromatic heterocycles. The molecule has 1 fully saturated rings. The summed E-state index contributed by atoms with van der Waals surface area (Å²) in [5.41, 5.74) is 0.769. The number of hydrogen-bond donors (Lipinski definition) is 0. The summed E-state index contributed by atoms with van der Waals surface area (Å²) in [6, 6.07) is 7.10. The molecule has 0 saturated carbocycles. The fourth-order valence-electron chi connectivity index (χ4n) is 2.77. The number of rotatable bonds is 5. The third kappa shape index (κ3) is 4.94. The van der Waals surface area contributed by atoms with Gasteiger partial charge in [0, 0.05) is 56.8 Å². The lowest BCUT2D eigenvalue weighted by molar-refractivity contribution is -0.132. The molecule has 0 atom stereocenters. The molecule has 1 aromatic rings. The van der Waals surface area contributed by atoms with Crippen LogP contribution in [-0.4, -0.2) is 60.9 Å². The van der Waals surface area contributed by atoms with Gasteiger partial charge in [0.2, 0.25) is 11.8 Å². The summed E-state index contributed by atoms with van der Waals surface area (Å²) in [5.74, 6) is 0.0388. The maximum Gasteiger partial charge on any atom is 0.224 e. The summed E-state index contributed by atoms with van der Waals surface area (Å²) in [4.78, 5) is 30.1. The van der Waals surface area contributed by atoms with Crippen molar-refractivity contribution in [3.8, 4) is 0 Å². The van der Waals surface area contributed by atoms with Gasteiger partial charge in [-0.25, -0.2) is 0 Å². The van der Waals surface area contributed by atoms with Crippen molar-refractivity contribution in [2.24, 2.45) is 0 Å². The summed E-state index contributed by atoms with van der Waals surface area (Å²) in [5, 5.41) is 0.627. The Morgan fingerprint density at radius 2 is 1.74 bits per heavy atom. The maximum atomic E-state index is 12.4. The Morgan fingerprint density at radius 1 is 1.13 bits per heavy atom. The van der Waals surface area contributed by atoms with E-state index in [1.54, 1.807) is 29.2 Å². The first-order valence-electron chi connectivity index (χ1n) is 8.05. The summed E-state index contributed by atoms with van der Waals surface area (Å²) >= 11 is 5.88. The van der Waals surface area contributed by atoms with E-state index in [2.05, 4.69) is 11.8 Å². The van der Waals surface area contributed by atoms with Crippen LogP contribution in [0.5, 0.6) is 0 Å². The molecule has 5 nitrogen and oxygen atoms in total. The molecule has 1 aliphatic rings. The van der Waals surface area contributed by atoms with Crippen LogP contribution in [0.3, 0.4) is 0 Å². The van der Waals surface area contributed by atoms with E-state index in [1.165, 1.54) is 6.92 Å². The Morgan fingerprint density at radius 3 is 2.26 bits per heavy atom. The normalized spacial score (nSPS) is 15.5. The highest BCUT2D eigenvalue weighted by atomic mass is 35.5. The van der Waals surface area contributed by atoms with Crippen molar-refractivity contribution in [3.63, 3.8) is 0 Å². The van der Waals surface area contributed by atoms with Gasteiger partial charge in [-0.15, -0.1) is 0 Å². The van der Waals surface area contributed by atoms with Gasteiger partial charge in [0.15, 0.2) is 0 Å². The molecule has 1 heterocycles. The Kier molecular flexibility index (Phi) is 6.42. The van der Waals surface area contributed by atoms with Gasteiger partial charge < -0.3 is 14.7 Å². The molecule has 2 amide bonds. The lowest BCUT2D eigenvalue weighted by Gasteiger charge is -2.34. The molecule has 0 spiro atoms.